The molecule has 1 heterocycles. The van der Waals surface area contributed by atoms with Gasteiger partial charge in [0.05, 0.1) is 5.02 Å². The Morgan fingerprint density at radius 2 is 1.96 bits per heavy atom. The number of allylic oxidation sites excluding steroid dienone is 1. The molecular formula is C14H16Cl3NO5. The Labute approximate surface area is 148 Å². The molecule has 0 saturated carbocycles. The molecule has 9 heteroatoms. The number of hydrogen-bond acceptors (Lipinski definition) is 6. The van der Waals surface area contributed by atoms with Crippen LogP contribution in [0.2, 0.25) is 15.2 Å². The molecule has 0 aliphatic carbocycles. The highest BCUT2D eigenvalue weighted by molar-refractivity contribution is 6.42. The number of aliphatic hydroxyl groups excluding tert-OH is 3. The zero-order valence-corrected chi connectivity index (χ0v) is 14.4. The van der Waals surface area contributed by atoms with E-state index < -0.39 is 30.4 Å². The third-order valence-corrected chi connectivity index (χ3v) is 3.72. The molecule has 0 bridgehead atoms. The highest BCUT2D eigenvalue weighted by Crippen LogP contribution is 2.30. The molecule has 2 unspecified atom stereocenters. The fourth-order valence-corrected chi connectivity index (χ4v) is 2.05. The second kappa shape index (κ2) is 9.30. The van der Waals surface area contributed by atoms with E-state index in [1.54, 1.807) is 0 Å². The smallest absolute Gasteiger partial charge is 0.234 e. The second-order valence-electron chi connectivity index (χ2n) is 4.61. The number of halogens is 3. The zero-order chi connectivity index (χ0) is 17.6. The van der Waals surface area contributed by atoms with Crippen LogP contribution < -0.4 is 4.74 Å². The van der Waals surface area contributed by atoms with Gasteiger partial charge in [0.15, 0.2) is 11.8 Å². The number of aromatic nitrogens is 1. The number of nitrogens with zero attached hydrogens (tertiary/aromatic N) is 1. The molecule has 0 spiro atoms. The van der Waals surface area contributed by atoms with Crippen molar-refractivity contribution in [3.63, 3.8) is 0 Å². The lowest BCUT2D eigenvalue weighted by Gasteiger charge is -2.16. The first-order valence-corrected chi connectivity index (χ1v) is 7.83. The Balaban J connectivity index is 2.67. The van der Waals surface area contributed by atoms with Gasteiger partial charge in [-0.2, -0.15) is 4.98 Å². The fourth-order valence-electron chi connectivity index (χ4n) is 1.51. The minimum atomic E-state index is -1.84. The predicted octanol–water partition coefficient (Wildman–Crippen LogP) is 2.95. The van der Waals surface area contributed by atoms with E-state index in [1.807, 2.05) is 6.92 Å². The van der Waals surface area contributed by atoms with Crippen molar-refractivity contribution in [3.8, 4) is 5.88 Å². The van der Waals surface area contributed by atoms with E-state index >= 15 is 0 Å². The first-order valence-electron chi connectivity index (χ1n) is 6.70. The van der Waals surface area contributed by atoms with E-state index in [0.717, 1.165) is 6.42 Å². The molecule has 0 aromatic carbocycles. The molecule has 3 N–H and O–H groups in total. The number of pyridine rings is 1. The molecule has 1 aromatic rings. The van der Waals surface area contributed by atoms with Gasteiger partial charge in [-0.05, 0) is 18.6 Å². The molecule has 0 saturated heterocycles. The van der Waals surface area contributed by atoms with Crippen molar-refractivity contribution in [2.45, 2.75) is 32.0 Å². The highest BCUT2D eigenvalue weighted by Gasteiger charge is 2.27. The first kappa shape index (κ1) is 20.0. The Hall–Kier alpha value is -1.05. The van der Waals surface area contributed by atoms with Gasteiger partial charge < -0.3 is 20.1 Å². The molecule has 1 aromatic heterocycles. The lowest BCUT2D eigenvalue weighted by Crippen LogP contribution is -2.38. The Kier molecular flexibility index (Phi) is 8.08. The quantitative estimate of drug-likeness (QED) is 0.471. The predicted molar refractivity (Wildman–Crippen MR) is 87.4 cm³/mol. The van der Waals surface area contributed by atoms with Crippen LogP contribution >= 0.6 is 34.8 Å². The van der Waals surface area contributed by atoms with Crippen LogP contribution in [0.5, 0.6) is 5.88 Å². The van der Waals surface area contributed by atoms with Crippen LogP contribution in [0.1, 0.15) is 19.8 Å². The maximum atomic E-state index is 11.8. The molecule has 128 valence electrons. The van der Waals surface area contributed by atoms with Crippen LogP contribution in [-0.4, -0.2) is 44.9 Å². The first-order chi connectivity index (χ1) is 10.8. The summed E-state index contributed by atoms with van der Waals surface area (Å²) in [5.41, 5.74) is 0. The van der Waals surface area contributed by atoms with Crippen LogP contribution in [0.25, 0.3) is 0 Å². The summed E-state index contributed by atoms with van der Waals surface area (Å²) in [6, 6.07) is 1.29. The number of carbonyl (C=O) groups excluding carboxylic acids is 1. The molecule has 1 rings (SSSR count). The SMILES string of the molecule is CCCC=C(O)C(O)C(O)C(=O)COc1nc(Cl)c(Cl)cc1Cl. The Bertz CT molecular complexity index is 594. The van der Waals surface area contributed by atoms with Crippen LogP contribution in [-0.2, 0) is 4.79 Å². The molecule has 0 fully saturated rings. The van der Waals surface area contributed by atoms with Gasteiger partial charge in [0.25, 0.3) is 0 Å². The molecule has 0 amide bonds. The lowest BCUT2D eigenvalue weighted by atomic mass is 10.1. The molecule has 0 radical (unpaired) electrons. The number of carbonyl (C=O) groups is 1. The average molecular weight is 385 g/mol. The third kappa shape index (κ3) is 5.82. The van der Waals surface area contributed by atoms with Gasteiger partial charge in [-0.3, -0.25) is 4.79 Å². The van der Waals surface area contributed by atoms with Crippen LogP contribution in [0.15, 0.2) is 17.9 Å². The lowest BCUT2D eigenvalue weighted by molar-refractivity contribution is -0.134. The van der Waals surface area contributed by atoms with Crippen LogP contribution in [0, 0.1) is 0 Å². The van der Waals surface area contributed by atoms with Crippen molar-refractivity contribution in [2.75, 3.05) is 6.61 Å². The topological polar surface area (TPSA) is 99.9 Å². The van der Waals surface area contributed by atoms with Gasteiger partial charge >= 0.3 is 0 Å². The summed E-state index contributed by atoms with van der Waals surface area (Å²) < 4.78 is 5.06. The second-order valence-corrected chi connectivity index (χ2v) is 5.78. The summed E-state index contributed by atoms with van der Waals surface area (Å²) in [5, 5.41) is 29.1. The maximum Gasteiger partial charge on any atom is 0.234 e. The third-order valence-electron chi connectivity index (χ3n) is 2.78. The summed E-state index contributed by atoms with van der Waals surface area (Å²) in [6.45, 7) is 1.25. The van der Waals surface area contributed by atoms with Gasteiger partial charge in [-0.15, -0.1) is 0 Å². The highest BCUT2D eigenvalue weighted by atomic mass is 35.5. The van der Waals surface area contributed by atoms with Gasteiger partial charge in [-0.25, -0.2) is 0 Å². The number of aliphatic hydroxyl groups is 3. The summed E-state index contributed by atoms with van der Waals surface area (Å²) in [6.07, 6.45) is -0.993. The standard InChI is InChI=1S/C14H16Cl3NO5/c1-2-3-4-9(19)11(21)12(22)10(20)6-23-14-8(16)5-7(15)13(17)18-14/h4-5,11-12,19,21-22H,2-3,6H2,1H3. The molecular weight excluding hydrogens is 369 g/mol. The minimum Gasteiger partial charge on any atom is -0.510 e. The molecule has 23 heavy (non-hydrogen) atoms. The zero-order valence-electron chi connectivity index (χ0n) is 12.2. The van der Waals surface area contributed by atoms with E-state index in [2.05, 4.69) is 4.98 Å². The number of rotatable bonds is 8. The monoisotopic (exact) mass is 383 g/mol. The largest absolute Gasteiger partial charge is 0.510 e. The van der Waals surface area contributed by atoms with Crippen molar-refractivity contribution >= 4 is 40.6 Å². The van der Waals surface area contributed by atoms with Crippen molar-refractivity contribution in [3.05, 3.63) is 33.1 Å². The van der Waals surface area contributed by atoms with Crippen molar-refractivity contribution in [2.24, 2.45) is 0 Å². The Morgan fingerprint density at radius 3 is 2.57 bits per heavy atom. The van der Waals surface area contributed by atoms with Gasteiger partial charge in [0, 0.05) is 0 Å². The van der Waals surface area contributed by atoms with Gasteiger partial charge in [-0.1, -0.05) is 48.1 Å². The van der Waals surface area contributed by atoms with Crippen LogP contribution in [0.4, 0.5) is 0 Å². The average Bonchev–Trinajstić information content (AvgIpc) is 2.52. The normalized spacial score (nSPS) is 14.4. The van der Waals surface area contributed by atoms with Crippen molar-refractivity contribution in [1.29, 1.82) is 0 Å². The number of ether oxygens (including phenoxy) is 1. The summed E-state index contributed by atoms with van der Waals surface area (Å²) in [5.74, 6) is -1.47. The van der Waals surface area contributed by atoms with Crippen LogP contribution in [0.3, 0.4) is 0 Å². The minimum absolute atomic E-state index is 0.0351. The summed E-state index contributed by atoms with van der Waals surface area (Å²) >= 11 is 17.2. The van der Waals surface area contributed by atoms with E-state index in [0.29, 0.717) is 6.42 Å². The van der Waals surface area contributed by atoms with E-state index in [1.165, 1.54) is 12.1 Å². The fraction of sp³-hybridized carbons (Fsp3) is 0.429. The molecule has 2 atom stereocenters. The van der Waals surface area contributed by atoms with E-state index in [9.17, 15) is 20.1 Å². The number of Topliss-reactive ketones (excluding diaryl/α,β-unsaturated/α-hetero) is 1. The number of unbranched alkanes of at least 4 members (excludes halogenated alkanes) is 1. The van der Waals surface area contributed by atoms with E-state index in [4.69, 9.17) is 39.5 Å². The van der Waals surface area contributed by atoms with Gasteiger partial charge in [0.2, 0.25) is 11.7 Å². The van der Waals surface area contributed by atoms with E-state index in [-0.39, 0.29) is 21.1 Å². The molecule has 0 aliphatic heterocycles. The maximum absolute atomic E-state index is 11.8. The van der Waals surface area contributed by atoms with Crippen molar-refractivity contribution in [1.82, 2.24) is 4.98 Å². The number of ketones is 1. The molecule has 6 nitrogen and oxygen atoms in total. The number of hydrogen-bond donors (Lipinski definition) is 3. The molecule has 0 aliphatic rings. The van der Waals surface area contributed by atoms with Crippen molar-refractivity contribution < 1.29 is 24.9 Å². The summed E-state index contributed by atoms with van der Waals surface area (Å²) in [7, 11) is 0. The summed E-state index contributed by atoms with van der Waals surface area (Å²) in [4.78, 5) is 15.5. The van der Waals surface area contributed by atoms with Gasteiger partial charge in [0.1, 0.15) is 23.0 Å². The Morgan fingerprint density at radius 1 is 1.30 bits per heavy atom.